The number of piperazine rings is 1. The van der Waals surface area contributed by atoms with Crippen LogP contribution < -0.4 is 20.7 Å². The number of hydrogen-bond donors (Lipinski definition) is 2. The molecule has 2 aromatic rings. The van der Waals surface area contributed by atoms with Crippen LogP contribution in [0.25, 0.3) is 0 Å². The van der Waals surface area contributed by atoms with Crippen molar-refractivity contribution in [3.05, 3.63) is 54.1 Å². The third-order valence-corrected chi connectivity index (χ3v) is 4.37. The van der Waals surface area contributed by atoms with Gasteiger partial charge in [0.25, 0.3) is 5.91 Å². The third kappa shape index (κ3) is 3.88. The van der Waals surface area contributed by atoms with Gasteiger partial charge in [-0.2, -0.15) is 0 Å². The fraction of sp³-hybridized carbons (Fsp3) is 0.263. The molecule has 3 amide bonds. The van der Waals surface area contributed by atoms with Crippen LogP contribution in [-0.4, -0.2) is 50.1 Å². The standard InChI is InChI=1S/C19H22N4O3/c1-26-17-8-3-2-7-16(17)22-9-11-23(12-10-22)18(24)14-5-4-6-15(13-14)21-19(20)25/h2-8,13H,9-12H2,1H3,(H3,20,21,25). The Morgan fingerprint density at radius 2 is 1.77 bits per heavy atom. The third-order valence-electron chi connectivity index (χ3n) is 4.37. The van der Waals surface area contributed by atoms with Gasteiger partial charge in [-0.3, -0.25) is 4.79 Å². The summed E-state index contributed by atoms with van der Waals surface area (Å²) in [6.07, 6.45) is 0. The number of para-hydroxylation sites is 2. The highest BCUT2D eigenvalue weighted by atomic mass is 16.5. The van der Waals surface area contributed by atoms with Gasteiger partial charge in [-0.25, -0.2) is 4.79 Å². The molecular weight excluding hydrogens is 332 g/mol. The highest BCUT2D eigenvalue weighted by Crippen LogP contribution is 2.28. The van der Waals surface area contributed by atoms with E-state index >= 15 is 0 Å². The van der Waals surface area contributed by atoms with Crippen molar-refractivity contribution in [2.24, 2.45) is 5.73 Å². The minimum atomic E-state index is -0.653. The second-order valence-corrected chi connectivity index (χ2v) is 6.02. The molecule has 0 bridgehead atoms. The molecule has 0 saturated carbocycles. The van der Waals surface area contributed by atoms with Crippen molar-refractivity contribution in [1.82, 2.24) is 4.90 Å². The normalized spacial score (nSPS) is 14.0. The molecule has 0 atom stereocenters. The number of rotatable bonds is 4. The number of urea groups is 1. The molecule has 3 rings (SSSR count). The molecule has 1 saturated heterocycles. The van der Waals surface area contributed by atoms with Gasteiger partial charge < -0.3 is 25.6 Å². The van der Waals surface area contributed by atoms with Gasteiger partial charge in [0.05, 0.1) is 12.8 Å². The number of amides is 3. The molecule has 1 aliphatic rings. The van der Waals surface area contributed by atoms with Crippen LogP contribution >= 0.6 is 0 Å². The lowest BCUT2D eigenvalue weighted by molar-refractivity contribution is 0.0746. The molecule has 1 aliphatic heterocycles. The summed E-state index contributed by atoms with van der Waals surface area (Å²) < 4.78 is 5.42. The Kier molecular flexibility index (Phi) is 5.26. The predicted octanol–water partition coefficient (Wildman–Crippen LogP) is 2.15. The summed E-state index contributed by atoms with van der Waals surface area (Å²) in [6.45, 7) is 2.69. The van der Waals surface area contributed by atoms with Gasteiger partial charge in [0.15, 0.2) is 0 Å². The number of primary amides is 1. The van der Waals surface area contributed by atoms with E-state index in [4.69, 9.17) is 10.5 Å². The first-order chi connectivity index (χ1) is 12.6. The molecule has 2 aromatic carbocycles. The summed E-state index contributed by atoms with van der Waals surface area (Å²) in [5.41, 5.74) is 7.20. The minimum Gasteiger partial charge on any atom is -0.495 e. The topological polar surface area (TPSA) is 87.9 Å². The van der Waals surface area contributed by atoms with E-state index in [1.54, 1.807) is 31.4 Å². The van der Waals surface area contributed by atoms with E-state index in [0.29, 0.717) is 24.3 Å². The molecule has 0 radical (unpaired) electrons. The van der Waals surface area contributed by atoms with Crippen LogP contribution in [0.4, 0.5) is 16.2 Å². The molecule has 26 heavy (non-hydrogen) atoms. The number of methoxy groups -OCH3 is 1. The van der Waals surface area contributed by atoms with Crippen LogP contribution in [0.2, 0.25) is 0 Å². The largest absolute Gasteiger partial charge is 0.495 e. The first kappa shape index (κ1) is 17.6. The van der Waals surface area contributed by atoms with Crippen LogP contribution in [0.3, 0.4) is 0 Å². The molecule has 0 aliphatic carbocycles. The molecule has 1 heterocycles. The number of hydrogen-bond acceptors (Lipinski definition) is 4. The SMILES string of the molecule is COc1ccccc1N1CCN(C(=O)c2cccc(NC(N)=O)c2)CC1. The Balaban J connectivity index is 1.66. The van der Waals surface area contributed by atoms with Gasteiger partial charge in [0.2, 0.25) is 0 Å². The van der Waals surface area contributed by atoms with Crippen molar-refractivity contribution < 1.29 is 14.3 Å². The Morgan fingerprint density at radius 3 is 2.46 bits per heavy atom. The quantitative estimate of drug-likeness (QED) is 0.881. The van der Waals surface area contributed by atoms with Crippen molar-refractivity contribution in [3.8, 4) is 5.75 Å². The fourth-order valence-corrected chi connectivity index (χ4v) is 3.10. The number of nitrogens with two attached hydrogens (primary N) is 1. The second-order valence-electron chi connectivity index (χ2n) is 6.02. The van der Waals surface area contributed by atoms with E-state index in [1.807, 2.05) is 29.2 Å². The minimum absolute atomic E-state index is 0.0576. The van der Waals surface area contributed by atoms with Crippen molar-refractivity contribution in [1.29, 1.82) is 0 Å². The molecular formula is C19H22N4O3. The lowest BCUT2D eigenvalue weighted by atomic mass is 10.1. The van der Waals surface area contributed by atoms with Gasteiger partial charge in [0, 0.05) is 37.4 Å². The van der Waals surface area contributed by atoms with Crippen LogP contribution in [-0.2, 0) is 0 Å². The summed E-state index contributed by atoms with van der Waals surface area (Å²) in [7, 11) is 1.66. The van der Waals surface area contributed by atoms with Gasteiger partial charge in [-0.05, 0) is 30.3 Å². The number of nitrogens with one attached hydrogen (secondary N) is 1. The Bertz CT molecular complexity index is 801. The highest BCUT2D eigenvalue weighted by molar-refractivity contribution is 5.96. The lowest BCUT2D eigenvalue weighted by Crippen LogP contribution is -2.48. The number of carbonyl (C=O) groups is 2. The van der Waals surface area contributed by atoms with E-state index in [9.17, 15) is 9.59 Å². The summed E-state index contributed by atoms with van der Waals surface area (Å²) in [6, 6.07) is 14.0. The summed E-state index contributed by atoms with van der Waals surface area (Å²) in [5.74, 6) is 0.773. The maximum Gasteiger partial charge on any atom is 0.316 e. The lowest BCUT2D eigenvalue weighted by Gasteiger charge is -2.36. The average Bonchev–Trinajstić information content (AvgIpc) is 2.67. The highest BCUT2D eigenvalue weighted by Gasteiger charge is 2.23. The molecule has 136 valence electrons. The van der Waals surface area contributed by atoms with Gasteiger partial charge >= 0.3 is 6.03 Å². The molecule has 0 spiro atoms. The maximum absolute atomic E-state index is 12.7. The van der Waals surface area contributed by atoms with Gasteiger partial charge in [0.1, 0.15) is 5.75 Å². The van der Waals surface area contributed by atoms with Gasteiger partial charge in [-0.15, -0.1) is 0 Å². The maximum atomic E-state index is 12.7. The van der Waals surface area contributed by atoms with E-state index in [0.717, 1.165) is 24.5 Å². The monoisotopic (exact) mass is 354 g/mol. The Labute approximate surface area is 152 Å². The predicted molar refractivity (Wildman–Crippen MR) is 101 cm³/mol. The summed E-state index contributed by atoms with van der Waals surface area (Å²) >= 11 is 0. The van der Waals surface area contributed by atoms with Gasteiger partial charge in [-0.1, -0.05) is 18.2 Å². The number of nitrogens with zero attached hydrogens (tertiary/aromatic N) is 2. The molecule has 0 aromatic heterocycles. The first-order valence-electron chi connectivity index (χ1n) is 8.42. The van der Waals surface area contributed by atoms with E-state index in [2.05, 4.69) is 10.2 Å². The smallest absolute Gasteiger partial charge is 0.316 e. The van der Waals surface area contributed by atoms with Crippen LogP contribution in [0.5, 0.6) is 5.75 Å². The number of benzene rings is 2. The summed E-state index contributed by atoms with van der Waals surface area (Å²) in [5, 5.41) is 2.49. The molecule has 1 fully saturated rings. The van der Waals surface area contributed by atoms with Crippen molar-refractivity contribution in [2.45, 2.75) is 0 Å². The summed E-state index contributed by atoms with van der Waals surface area (Å²) in [4.78, 5) is 27.7. The average molecular weight is 354 g/mol. The molecule has 7 nitrogen and oxygen atoms in total. The van der Waals surface area contributed by atoms with Crippen molar-refractivity contribution >= 4 is 23.3 Å². The Morgan fingerprint density at radius 1 is 1.04 bits per heavy atom. The van der Waals surface area contributed by atoms with Crippen LogP contribution in [0.15, 0.2) is 48.5 Å². The van der Waals surface area contributed by atoms with Crippen molar-refractivity contribution in [2.75, 3.05) is 43.5 Å². The van der Waals surface area contributed by atoms with Crippen LogP contribution in [0, 0.1) is 0 Å². The number of ether oxygens (including phenoxy) is 1. The Hall–Kier alpha value is -3.22. The van der Waals surface area contributed by atoms with E-state index < -0.39 is 6.03 Å². The zero-order valence-corrected chi connectivity index (χ0v) is 14.6. The molecule has 3 N–H and O–H groups in total. The van der Waals surface area contributed by atoms with Crippen molar-refractivity contribution in [3.63, 3.8) is 0 Å². The zero-order chi connectivity index (χ0) is 18.5. The number of carbonyl (C=O) groups excluding carboxylic acids is 2. The molecule has 0 unspecified atom stereocenters. The molecule has 7 heteroatoms. The zero-order valence-electron chi connectivity index (χ0n) is 14.6. The first-order valence-corrected chi connectivity index (χ1v) is 8.42. The second kappa shape index (κ2) is 7.77. The fourth-order valence-electron chi connectivity index (χ4n) is 3.10. The van der Waals surface area contributed by atoms with Crippen LogP contribution in [0.1, 0.15) is 10.4 Å². The number of anilines is 2. The van der Waals surface area contributed by atoms with E-state index in [-0.39, 0.29) is 5.91 Å². The van der Waals surface area contributed by atoms with E-state index in [1.165, 1.54) is 0 Å².